The van der Waals surface area contributed by atoms with E-state index in [-0.39, 0.29) is 5.97 Å². The molecule has 1 aromatic carbocycles. The molecule has 0 bridgehead atoms. The standard InChI is InChI=1S/C18H23NO4/c1-2-23-17(20)13-9-4-3-8-12-16(18(21)22)19-14-15-10-6-5-7-11-15/h3,5-8,10-11,14,16H,2,4,9,12-13H2,1H3,(H,21,22). The molecule has 0 amide bonds. The van der Waals surface area contributed by atoms with Crippen LogP contribution in [0.1, 0.15) is 38.2 Å². The number of aliphatic imine (C=N–C) groups is 1. The molecule has 0 aliphatic carbocycles. The zero-order chi connectivity index (χ0) is 16.9. The number of esters is 1. The average Bonchev–Trinajstić information content (AvgIpc) is 2.54. The molecule has 0 radical (unpaired) electrons. The lowest BCUT2D eigenvalue weighted by Gasteiger charge is -2.03. The molecule has 23 heavy (non-hydrogen) atoms. The van der Waals surface area contributed by atoms with E-state index in [2.05, 4.69) is 4.99 Å². The molecule has 1 atom stereocenters. The summed E-state index contributed by atoms with van der Waals surface area (Å²) >= 11 is 0. The molecule has 0 aliphatic rings. The van der Waals surface area contributed by atoms with E-state index in [0.717, 1.165) is 5.56 Å². The monoisotopic (exact) mass is 317 g/mol. The quantitative estimate of drug-likeness (QED) is 0.311. The molecule has 0 saturated carbocycles. The Kier molecular flexibility index (Phi) is 9.05. The smallest absolute Gasteiger partial charge is 0.328 e. The molecule has 0 aliphatic heterocycles. The molecule has 0 spiro atoms. The van der Waals surface area contributed by atoms with Gasteiger partial charge >= 0.3 is 11.9 Å². The Hall–Kier alpha value is -2.43. The molecular weight excluding hydrogens is 294 g/mol. The fourth-order valence-corrected chi connectivity index (χ4v) is 1.88. The second kappa shape index (κ2) is 11.2. The Balaban J connectivity index is 2.36. The van der Waals surface area contributed by atoms with Crippen LogP contribution in [0.3, 0.4) is 0 Å². The minimum absolute atomic E-state index is 0.197. The summed E-state index contributed by atoms with van der Waals surface area (Å²) in [7, 11) is 0. The van der Waals surface area contributed by atoms with Crippen LogP contribution in [0.25, 0.3) is 0 Å². The SMILES string of the molecule is CCOC(=O)CCCC=CCC(N=Cc1ccccc1)C(=O)O. The minimum Gasteiger partial charge on any atom is -0.480 e. The van der Waals surface area contributed by atoms with Gasteiger partial charge in [0.1, 0.15) is 0 Å². The van der Waals surface area contributed by atoms with Crippen molar-refractivity contribution < 1.29 is 19.4 Å². The number of rotatable bonds is 10. The predicted molar refractivity (Wildman–Crippen MR) is 89.7 cm³/mol. The Morgan fingerprint density at radius 1 is 1.26 bits per heavy atom. The van der Waals surface area contributed by atoms with Crippen LogP contribution in [0.15, 0.2) is 47.5 Å². The van der Waals surface area contributed by atoms with Crippen molar-refractivity contribution in [3.05, 3.63) is 48.0 Å². The second-order valence-corrected chi connectivity index (χ2v) is 4.95. The maximum absolute atomic E-state index is 11.2. The van der Waals surface area contributed by atoms with Crippen LogP contribution < -0.4 is 0 Å². The maximum Gasteiger partial charge on any atom is 0.328 e. The lowest BCUT2D eigenvalue weighted by molar-refractivity contribution is -0.143. The van der Waals surface area contributed by atoms with Gasteiger partial charge in [-0.2, -0.15) is 0 Å². The van der Waals surface area contributed by atoms with Gasteiger partial charge in [0.15, 0.2) is 6.04 Å². The molecule has 0 aromatic heterocycles. The highest BCUT2D eigenvalue weighted by molar-refractivity contribution is 5.83. The number of carbonyl (C=O) groups excluding carboxylic acids is 1. The number of aliphatic carboxylic acids is 1. The molecule has 0 fully saturated rings. The van der Waals surface area contributed by atoms with Gasteiger partial charge in [0.25, 0.3) is 0 Å². The summed E-state index contributed by atoms with van der Waals surface area (Å²) in [6.45, 7) is 2.17. The molecule has 1 unspecified atom stereocenters. The highest BCUT2D eigenvalue weighted by atomic mass is 16.5. The zero-order valence-corrected chi connectivity index (χ0v) is 13.4. The fraction of sp³-hybridized carbons (Fsp3) is 0.389. The van der Waals surface area contributed by atoms with E-state index in [0.29, 0.717) is 32.3 Å². The largest absolute Gasteiger partial charge is 0.480 e. The zero-order valence-electron chi connectivity index (χ0n) is 13.4. The van der Waals surface area contributed by atoms with E-state index in [1.165, 1.54) is 0 Å². The summed E-state index contributed by atoms with van der Waals surface area (Å²) in [6.07, 6.45) is 7.38. The van der Waals surface area contributed by atoms with Crippen molar-refractivity contribution in [3.8, 4) is 0 Å². The van der Waals surface area contributed by atoms with Crippen molar-refractivity contribution in [2.45, 2.75) is 38.6 Å². The molecule has 1 N–H and O–H groups in total. The van der Waals surface area contributed by atoms with E-state index < -0.39 is 12.0 Å². The minimum atomic E-state index is -0.951. The third-order valence-corrected chi connectivity index (χ3v) is 3.07. The van der Waals surface area contributed by atoms with Gasteiger partial charge in [0, 0.05) is 12.6 Å². The van der Waals surface area contributed by atoms with Gasteiger partial charge in [-0.1, -0.05) is 42.5 Å². The van der Waals surface area contributed by atoms with E-state index >= 15 is 0 Å². The lowest BCUT2D eigenvalue weighted by Crippen LogP contribution is -2.17. The number of unbranched alkanes of at least 4 members (excludes halogenated alkanes) is 1. The molecule has 5 heteroatoms. The van der Waals surface area contributed by atoms with Crippen molar-refractivity contribution in [3.63, 3.8) is 0 Å². The summed E-state index contributed by atoms with van der Waals surface area (Å²) in [5.74, 6) is -1.15. The second-order valence-electron chi connectivity index (χ2n) is 4.95. The Morgan fingerprint density at radius 3 is 2.65 bits per heavy atom. The highest BCUT2D eigenvalue weighted by Crippen LogP contribution is 2.05. The summed E-state index contributed by atoms with van der Waals surface area (Å²) in [5, 5.41) is 9.18. The van der Waals surface area contributed by atoms with Crippen LogP contribution in [0.2, 0.25) is 0 Å². The third kappa shape index (κ3) is 8.56. The number of hydrogen-bond donors (Lipinski definition) is 1. The molecular formula is C18H23NO4. The number of carbonyl (C=O) groups is 2. The van der Waals surface area contributed by atoms with E-state index in [4.69, 9.17) is 4.74 Å². The van der Waals surface area contributed by atoms with E-state index in [9.17, 15) is 14.7 Å². The van der Waals surface area contributed by atoms with E-state index in [1.54, 1.807) is 19.2 Å². The Morgan fingerprint density at radius 2 is 2.00 bits per heavy atom. The van der Waals surface area contributed by atoms with Crippen molar-refractivity contribution in [2.75, 3.05) is 6.61 Å². The molecule has 1 aromatic rings. The number of nitrogens with zero attached hydrogens (tertiary/aromatic N) is 1. The number of ether oxygens (including phenoxy) is 1. The number of benzene rings is 1. The van der Waals surface area contributed by atoms with Gasteiger partial charge in [0.2, 0.25) is 0 Å². The number of carboxylic acids is 1. The van der Waals surface area contributed by atoms with Crippen LogP contribution >= 0.6 is 0 Å². The topological polar surface area (TPSA) is 76.0 Å². The lowest BCUT2D eigenvalue weighted by atomic mass is 10.1. The molecule has 0 heterocycles. The Labute approximate surface area is 136 Å². The van der Waals surface area contributed by atoms with Crippen LogP contribution in [-0.4, -0.2) is 35.9 Å². The van der Waals surface area contributed by atoms with Gasteiger partial charge in [-0.25, -0.2) is 4.79 Å². The highest BCUT2D eigenvalue weighted by Gasteiger charge is 2.12. The van der Waals surface area contributed by atoms with Crippen LogP contribution in [-0.2, 0) is 14.3 Å². The first-order valence-electron chi connectivity index (χ1n) is 7.75. The maximum atomic E-state index is 11.2. The van der Waals surface area contributed by atoms with Crippen molar-refractivity contribution in [1.82, 2.24) is 0 Å². The summed E-state index contributed by atoms with van der Waals surface area (Å²) in [5.41, 5.74) is 0.872. The first-order valence-corrected chi connectivity index (χ1v) is 7.75. The molecule has 5 nitrogen and oxygen atoms in total. The van der Waals surface area contributed by atoms with Gasteiger partial charge in [-0.05, 0) is 31.7 Å². The van der Waals surface area contributed by atoms with Crippen molar-refractivity contribution >= 4 is 18.2 Å². The average molecular weight is 317 g/mol. The van der Waals surface area contributed by atoms with Gasteiger partial charge in [-0.3, -0.25) is 9.79 Å². The number of hydrogen-bond acceptors (Lipinski definition) is 4. The third-order valence-electron chi connectivity index (χ3n) is 3.07. The van der Waals surface area contributed by atoms with Gasteiger partial charge in [0.05, 0.1) is 6.61 Å². The van der Waals surface area contributed by atoms with Crippen LogP contribution in [0.5, 0.6) is 0 Å². The predicted octanol–water partition coefficient (Wildman–Crippen LogP) is 3.24. The van der Waals surface area contributed by atoms with Gasteiger partial charge in [-0.15, -0.1) is 0 Å². The normalized spacial score (nSPS) is 12.6. The summed E-state index contributed by atoms with van der Waals surface area (Å²) in [4.78, 5) is 26.5. The molecule has 1 rings (SSSR count). The van der Waals surface area contributed by atoms with Crippen molar-refractivity contribution in [1.29, 1.82) is 0 Å². The summed E-state index contributed by atoms with van der Waals surface area (Å²) in [6, 6.07) is 8.59. The van der Waals surface area contributed by atoms with Crippen LogP contribution in [0, 0.1) is 0 Å². The van der Waals surface area contributed by atoms with Crippen molar-refractivity contribution in [2.24, 2.45) is 4.99 Å². The summed E-state index contributed by atoms with van der Waals surface area (Å²) < 4.78 is 4.83. The van der Waals surface area contributed by atoms with E-state index in [1.807, 2.05) is 36.4 Å². The van der Waals surface area contributed by atoms with Crippen LogP contribution in [0.4, 0.5) is 0 Å². The fourth-order valence-electron chi connectivity index (χ4n) is 1.88. The molecule has 124 valence electrons. The Bertz CT molecular complexity index is 537. The number of allylic oxidation sites excluding steroid dienone is 1. The first kappa shape index (κ1) is 18.6. The van der Waals surface area contributed by atoms with Gasteiger partial charge < -0.3 is 9.84 Å². The molecule has 0 saturated heterocycles. The number of carboxylic acid groups (broad SMARTS) is 1. The first-order chi connectivity index (χ1) is 11.1.